The molecule has 0 saturated heterocycles. The smallest absolute Gasteiger partial charge is 0.222 e. The van der Waals surface area contributed by atoms with Gasteiger partial charge in [0.15, 0.2) is 11.7 Å². The van der Waals surface area contributed by atoms with Gasteiger partial charge in [0.2, 0.25) is 5.91 Å². The summed E-state index contributed by atoms with van der Waals surface area (Å²) in [5.74, 6) is -0.0826. The number of hydrogen-bond acceptors (Lipinski definition) is 3. The molecule has 5 heteroatoms. The lowest BCUT2D eigenvalue weighted by atomic mass is 10.3. The molecule has 0 unspecified atom stereocenters. The van der Waals surface area contributed by atoms with E-state index in [1.165, 1.54) is 13.0 Å². The number of carbonyl (C=O) groups excluding carboxylic acids is 2. The van der Waals surface area contributed by atoms with Crippen LogP contribution in [0.2, 0.25) is 0 Å². The standard InChI is InChI=1S/C8H8N2O3/c1-5(12)9-8-3-7(13)2-6(4-11)10-8/h2-4H,1H3,(H2,9,10,12,13). The van der Waals surface area contributed by atoms with Crippen molar-refractivity contribution in [2.75, 3.05) is 5.32 Å². The van der Waals surface area contributed by atoms with E-state index in [0.29, 0.717) is 6.29 Å². The molecule has 1 rings (SSSR count). The lowest BCUT2D eigenvalue weighted by Crippen LogP contribution is -2.12. The summed E-state index contributed by atoms with van der Waals surface area (Å²) in [6.07, 6.45) is 0.507. The largest absolute Gasteiger partial charge is 0.339 e. The Labute approximate surface area is 73.8 Å². The number of aromatic amines is 1. The molecule has 2 N–H and O–H groups in total. The van der Waals surface area contributed by atoms with Gasteiger partial charge in [-0.15, -0.1) is 0 Å². The van der Waals surface area contributed by atoms with Crippen molar-refractivity contribution in [1.29, 1.82) is 0 Å². The van der Waals surface area contributed by atoms with E-state index >= 15 is 0 Å². The topological polar surface area (TPSA) is 79.0 Å². The minimum atomic E-state index is -0.329. The maximum absolute atomic E-state index is 10.9. The highest BCUT2D eigenvalue weighted by molar-refractivity contribution is 5.88. The van der Waals surface area contributed by atoms with Crippen molar-refractivity contribution in [1.82, 2.24) is 4.98 Å². The van der Waals surface area contributed by atoms with Gasteiger partial charge in [-0.3, -0.25) is 14.4 Å². The Bertz CT molecular complexity index is 395. The van der Waals surface area contributed by atoms with Gasteiger partial charge in [-0.05, 0) is 0 Å². The molecule has 0 radical (unpaired) electrons. The third kappa shape index (κ3) is 2.55. The Morgan fingerprint density at radius 3 is 2.77 bits per heavy atom. The number of nitrogens with one attached hydrogen (secondary N) is 2. The fourth-order valence-corrected chi connectivity index (χ4v) is 0.885. The zero-order valence-electron chi connectivity index (χ0n) is 6.96. The van der Waals surface area contributed by atoms with Crippen molar-refractivity contribution < 1.29 is 9.59 Å². The molecule has 0 bridgehead atoms. The maximum atomic E-state index is 10.9. The molecule has 1 aromatic heterocycles. The van der Waals surface area contributed by atoms with Gasteiger partial charge in [0.05, 0.1) is 5.69 Å². The van der Waals surface area contributed by atoms with Crippen LogP contribution in [-0.4, -0.2) is 17.2 Å². The second kappa shape index (κ2) is 3.66. The lowest BCUT2D eigenvalue weighted by molar-refractivity contribution is -0.114. The van der Waals surface area contributed by atoms with Crippen LogP contribution in [0.5, 0.6) is 0 Å². The molecule has 0 aliphatic heterocycles. The molecular formula is C8H8N2O3. The van der Waals surface area contributed by atoms with E-state index in [2.05, 4.69) is 10.3 Å². The molecule has 0 atom stereocenters. The van der Waals surface area contributed by atoms with E-state index in [4.69, 9.17) is 0 Å². The minimum absolute atomic E-state index is 0.135. The van der Waals surface area contributed by atoms with Crippen molar-refractivity contribution in [3.8, 4) is 0 Å². The normalized spacial score (nSPS) is 9.31. The molecule has 0 aliphatic rings. The van der Waals surface area contributed by atoms with Crippen LogP contribution in [0.25, 0.3) is 0 Å². The predicted molar refractivity (Wildman–Crippen MR) is 46.8 cm³/mol. The van der Waals surface area contributed by atoms with Crippen molar-refractivity contribution in [3.63, 3.8) is 0 Å². The molecule has 1 heterocycles. The minimum Gasteiger partial charge on any atom is -0.339 e. The summed E-state index contributed by atoms with van der Waals surface area (Å²) in [4.78, 5) is 34.4. The second-order valence-electron chi connectivity index (χ2n) is 2.48. The van der Waals surface area contributed by atoms with Gasteiger partial charge < -0.3 is 10.3 Å². The number of amides is 1. The van der Waals surface area contributed by atoms with Crippen LogP contribution >= 0.6 is 0 Å². The Morgan fingerprint density at radius 1 is 1.54 bits per heavy atom. The van der Waals surface area contributed by atoms with Gasteiger partial charge in [-0.2, -0.15) is 0 Å². The van der Waals surface area contributed by atoms with E-state index in [1.54, 1.807) is 0 Å². The van der Waals surface area contributed by atoms with Gasteiger partial charge in [-0.1, -0.05) is 0 Å². The fourth-order valence-electron chi connectivity index (χ4n) is 0.885. The number of carbonyl (C=O) groups is 2. The monoisotopic (exact) mass is 180 g/mol. The van der Waals surface area contributed by atoms with Crippen LogP contribution < -0.4 is 10.7 Å². The summed E-state index contributed by atoms with van der Waals surface area (Å²) in [6, 6.07) is 2.35. The highest BCUT2D eigenvalue weighted by atomic mass is 16.1. The number of rotatable bonds is 2. The first-order valence-corrected chi connectivity index (χ1v) is 3.59. The van der Waals surface area contributed by atoms with Gasteiger partial charge in [0.1, 0.15) is 5.82 Å². The highest BCUT2D eigenvalue weighted by Gasteiger charge is 1.99. The number of aldehydes is 1. The van der Waals surface area contributed by atoms with E-state index < -0.39 is 0 Å². The van der Waals surface area contributed by atoms with Crippen LogP contribution in [0.3, 0.4) is 0 Å². The molecular weight excluding hydrogens is 172 g/mol. The summed E-state index contributed by atoms with van der Waals surface area (Å²) in [6.45, 7) is 1.31. The number of anilines is 1. The second-order valence-corrected chi connectivity index (χ2v) is 2.48. The van der Waals surface area contributed by atoms with Crippen LogP contribution in [0.1, 0.15) is 17.4 Å². The zero-order chi connectivity index (χ0) is 9.84. The summed E-state index contributed by atoms with van der Waals surface area (Å²) < 4.78 is 0. The number of pyridine rings is 1. The molecule has 68 valence electrons. The molecule has 0 aliphatic carbocycles. The molecule has 13 heavy (non-hydrogen) atoms. The molecule has 0 aromatic carbocycles. The quantitative estimate of drug-likeness (QED) is 0.635. The van der Waals surface area contributed by atoms with Crippen molar-refractivity contribution in [3.05, 3.63) is 28.0 Å². The number of hydrogen-bond donors (Lipinski definition) is 2. The Morgan fingerprint density at radius 2 is 2.23 bits per heavy atom. The van der Waals surface area contributed by atoms with Crippen LogP contribution in [-0.2, 0) is 4.79 Å². The summed E-state index contributed by atoms with van der Waals surface area (Å²) in [7, 11) is 0. The number of aromatic nitrogens is 1. The first-order valence-electron chi connectivity index (χ1n) is 3.59. The van der Waals surface area contributed by atoms with Gasteiger partial charge in [0.25, 0.3) is 0 Å². The maximum Gasteiger partial charge on any atom is 0.222 e. The molecule has 0 fully saturated rings. The van der Waals surface area contributed by atoms with Gasteiger partial charge in [0, 0.05) is 19.1 Å². The van der Waals surface area contributed by atoms with E-state index in [-0.39, 0.29) is 22.8 Å². The zero-order valence-corrected chi connectivity index (χ0v) is 6.96. The molecule has 1 aromatic rings. The van der Waals surface area contributed by atoms with Gasteiger partial charge >= 0.3 is 0 Å². The average Bonchev–Trinajstić information content (AvgIpc) is 2.01. The SMILES string of the molecule is CC(=O)Nc1cc(=O)cc(C=O)[nH]1. The van der Waals surface area contributed by atoms with Crippen LogP contribution in [0.4, 0.5) is 5.82 Å². The number of H-pyrrole nitrogens is 1. The molecule has 0 spiro atoms. The summed E-state index contributed by atoms with van der Waals surface area (Å²) in [5, 5.41) is 2.37. The van der Waals surface area contributed by atoms with Crippen molar-refractivity contribution in [2.45, 2.75) is 6.92 Å². The highest BCUT2D eigenvalue weighted by Crippen LogP contribution is 1.98. The molecule has 0 saturated carbocycles. The predicted octanol–water partition coefficient (Wildman–Crippen LogP) is 0.146. The van der Waals surface area contributed by atoms with Crippen LogP contribution in [0.15, 0.2) is 16.9 Å². The van der Waals surface area contributed by atoms with Gasteiger partial charge in [-0.25, -0.2) is 0 Å². The third-order valence-electron chi connectivity index (χ3n) is 1.30. The molecule has 5 nitrogen and oxygen atoms in total. The Balaban J connectivity index is 3.08. The average molecular weight is 180 g/mol. The fraction of sp³-hybridized carbons (Fsp3) is 0.125. The van der Waals surface area contributed by atoms with E-state index in [9.17, 15) is 14.4 Å². The Hall–Kier alpha value is -1.91. The third-order valence-corrected chi connectivity index (χ3v) is 1.30. The first-order chi connectivity index (χ1) is 6.11. The van der Waals surface area contributed by atoms with Crippen molar-refractivity contribution >= 4 is 18.0 Å². The van der Waals surface area contributed by atoms with Crippen LogP contribution in [0, 0.1) is 0 Å². The lowest BCUT2D eigenvalue weighted by Gasteiger charge is -2.01. The van der Waals surface area contributed by atoms with E-state index in [0.717, 1.165) is 6.07 Å². The Kier molecular flexibility index (Phi) is 2.59. The summed E-state index contributed by atoms with van der Waals surface area (Å²) >= 11 is 0. The summed E-state index contributed by atoms with van der Waals surface area (Å²) in [5.41, 5.74) is -0.194. The van der Waals surface area contributed by atoms with Crippen molar-refractivity contribution in [2.24, 2.45) is 0 Å². The molecule has 1 amide bonds. The first kappa shape index (κ1) is 9.18. The van der Waals surface area contributed by atoms with E-state index in [1.807, 2.05) is 0 Å².